The standard InChI is InChI=1S/C27H22N2O5/c30-24(28-14-13-19-5-1-2-6-21(19)16-28)17-34-27(33)20-11-9-18(10-12-20)15-29-25(31)22-7-3-4-8-23(22)26(29)32/h1-12H,13-17H2. The second kappa shape index (κ2) is 8.94. The van der Waals surface area contributed by atoms with E-state index in [4.69, 9.17) is 4.74 Å². The molecular formula is C27H22N2O5. The van der Waals surface area contributed by atoms with Crippen LogP contribution in [0.4, 0.5) is 0 Å². The van der Waals surface area contributed by atoms with E-state index in [1.165, 1.54) is 10.5 Å². The van der Waals surface area contributed by atoms with Crippen molar-refractivity contribution in [1.82, 2.24) is 9.80 Å². The third-order valence-corrected chi connectivity index (χ3v) is 6.22. The van der Waals surface area contributed by atoms with Crippen LogP contribution in [0, 0.1) is 0 Å². The summed E-state index contributed by atoms with van der Waals surface area (Å²) >= 11 is 0. The zero-order chi connectivity index (χ0) is 23.7. The predicted molar refractivity (Wildman–Crippen MR) is 123 cm³/mol. The highest BCUT2D eigenvalue weighted by Crippen LogP contribution is 2.24. The SMILES string of the molecule is O=C(OCC(=O)N1CCc2ccccc2C1)c1ccc(CN2C(=O)c3ccccc3C2=O)cc1. The molecule has 0 aromatic heterocycles. The maximum absolute atomic E-state index is 12.5. The molecule has 0 saturated carbocycles. The molecule has 34 heavy (non-hydrogen) atoms. The lowest BCUT2D eigenvalue weighted by atomic mass is 10.00. The Morgan fingerprint density at radius 1 is 0.794 bits per heavy atom. The predicted octanol–water partition coefficient (Wildman–Crippen LogP) is 3.22. The third kappa shape index (κ3) is 4.08. The highest BCUT2D eigenvalue weighted by Gasteiger charge is 2.35. The van der Waals surface area contributed by atoms with Gasteiger partial charge in [0, 0.05) is 13.1 Å². The van der Waals surface area contributed by atoms with Gasteiger partial charge < -0.3 is 9.64 Å². The van der Waals surface area contributed by atoms with Crippen LogP contribution in [0.15, 0.2) is 72.8 Å². The number of imide groups is 1. The van der Waals surface area contributed by atoms with E-state index in [-0.39, 0.29) is 30.9 Å². The minimum absolute atomic E-state index is 0.108. The summed E-state index contributed by atoms with van der Waals surface area (Å²) in [6.45, 7) is 0.896. The van der Waals surface area contributed by atoms with Gasteiger partial charge in [0.25, 0.3) is 17.7 Å². The minimum Gasteiger partial charge on any atom is -0.452 e. The van der Waals surface area contributed by atoms with Crippen LogP contribution in [0.3, 0.4) is 0 Å². The largest absolute Gasteiger partial charge is 0.452 e. The Labute approximate surface area is 196 Å². The van der Waals surface area contributed by atoms with Gasteiger partial charge in [-0.3, -0.25) is 19.3 Å². The Bertz CT molecular complexity index is 1260. The lowest BCUT2D eigenvalue weighted by molar-refractivity contribution is -0.135. The smallest absolute Gasteiger partial charge is 0.338 e. The van der Waals surface area contributed by atoms with Crippen molar-refractivity contribution < 1.29 is 23.9 Å². The van der Waals surface area contributed by atoms with E-state index in [2.05, 4.69) is 6.07 Å². The van der Waals surface area contributed by atoms with Gasteiger partial charge in [0.1, 0.15) is 0 Å². The summed E-state index contributed by atoms with van der Waals surface area (Å²) in [7, 11) is 0. The normalized spacial score (nSPS) is 14.6. The molecule has 0 unspecified atom stereocenters. The fourth-order valence-electron chi connectivity index (χ4n) is 4.32. The molecule has 0 radical (unpaired) electrons. The van der Waals surface area contributed by atoms with Crippen LogP contribution >= 0.6 is 0 Å². The van der Waals surface area contributed by atoms with Crippen LogP contribution in [-0.2, 0) is 29.0 Å². The number of esters is 1. The van der Waals surface area contributed by atoms with Gasteiger partial charge in [-0.2, -0.15) is 0 Å². The number of nitrogens with zero attached hydrogens (tertiary/aromatic N) is 2. The topological polar surface area (TPSA) is 84.0 Å². The zero-order valence-electron chi connectivity index (χ0n) is 18.4. The van der Waals surface area contributed by atoms with E-state index < -0.39 is 5.97 Å². The fourth-order valence-corrected chi connectivity index (χ4v) is 4.32. The van der Waals surface area contributed by atoms with Crippen molar-refractivity contribution >= 4 is 23.7 Å². The van der Waals surface area contributed by atoms with E-state index in [9.17, 15) is 19.2 Å². The molecule has 0 N–H and O–H groups in total. The van der Waals surface area contributed by atoms with E-state index >= 15 is 0 Å². The first-order chi connectivity index (χ1) is 16.5. The molecule has 3 aromatic carbocycles. The Morgan fingerprint density at radius 2 is 1.41 bits per heavy atom. The van der Waals surface area contributed by atoms with Gasteiger partial charge >= 0.3 is 5.97 Å². The minimum atomic E-state index is -0.599. The van der Waals surface area contributed by atoms with Crippen LogP contribution in [-0.4, -0.2) is 46.6 Å². The molecule has 2 heterocycles. The summed E-state index contributed by atoms with van der Waals surface area (Å²) in [6, 6.07) is 21.2. The number of carbonyl (C=O) groups excluding carboxylic acids is 4. The molecule has 2 aliphatic heterocycles. The number of amides is 3. The number of carbonyl (C=O) groups is 4. The third-order valence-electron chi connectivity index (χ3n) is 6.22. The summed E-state index contributed by atoms with van der Waals surface area (Å²) in [6.07, 6.45) is 0.782. The molecule has 0 spiro atoms. The summed E-state index contributed by atoms with van der Waals surface area (Å²) < 4.78 is 5.23. The second-order valence-electron chi connectivity index (χ2n) is 8.35. The fraction of sp³-hybridized carbons (Fsp3) is 0.185. The van der Waals surface area contributed by atoms with Crippen molar-refractivity contribution in [3.05, 3.63) is 106 Å². The average molecular weight is 454 g/mol. The number of ether oxygens (including phenoxy) is 1. The van der Waals surface area contributed by atoms with Crippen molar-refractivity contribution in [2.75, 3.05) is 13.2 Å². The van der Waals surface area contributed by atoms with Crippen LogP contribution in [0.25, 0.3) is 0 Å². The van der Waals surface area contributed by atoms with Gasteiger partial charge in [0.15, 0.2) is 6.61 Å². The Kier molecular flexibility index (Phi) is 5.67. The van der Waals surface area contributed by atoms with E-state index in [0.717, 1.165) is 12.0 Å². The van der Waals surface area contributed by atoms with Crippen molar-refractivity contribution in [1.29, 1.82) is 0 Å². The zero-order valence-corrected chi connectivity index (χ0v) is 18.4. The van der Waals surface area contributed by atoms with Gasteiger partial charge in [-0.25, -0.2) is 4.79 Å². The average Bonchev–Trinajstić information content (AvgIpc) is 3.12. The molecule has 2 aliphatic rings. The summed E-state index contributed by atoms with van der Waals surface area (Å²) in [5.74, 6) is -1.49. The maximum Gasteiger partial charge on any atom is 0.338 e. The summed E-state index contributed by atoms with van der Waals surface area (Å²) in [5.41, 5.74) is 4.15. The highest BCUT2D eigenvalue weighted by atomic mass is 16.5. The lowest BCUT2D eigenvalue weighted by Gasteiger charge is -2.28. The van der Waals surface area contributed by atoms with Crippen molar-refractivity contribution in [3.8, 4) is 0 Å². The first kappa shape index (κ1) is 21.6. The molecule has 3 aromatic rings. The molecular weight excluding hydrogens is 432 g/mol. The first-order valence-corrected chi connectivity index (χ1v) is 11.1. The second-order valence-corrected chi connectivity index (χ2v) is 8.35. The van der Waals surface area contributed by atoms with Gasteiger partial charge in [0.05, 0.1) is 23.2 Å². The Hall–Kier alpha value is -4.26. The molecule has 3 amide bonds. The number of hydrogen-bond acceptors (Lipinski definition) is 5. The molecule has 7 heteroatoms. The molecule has 0 bridgehead atoms. The molecule has 0 aliphatic carbocycles. The summed E-state index contributed by atoms with van der Waals surface area (Å²) in [5, 5.41) is 0. The number of benzene rings is 3. The number of hydrogen-bond donors (Lipinski definition) is 0. The van der Waals surface area contributed by atoms with Gasteiger partial charge in [0.2, 0.25) is 0 Å². The molecule has 7 nitrogen and oxygen atoms in total. The lowest BCUT2D eigenvalue weighted by Crippen LogP contribution is -2.38. The monoisotopic (exact) mass is 454 g/mol. The molecule has 0 atom stereocenters. The molecule has 5 rings (SSSR count). The molecule has 170 valence electrons. The van der Waals surface area contributed by atoms with Crippen LogP contribution in [0.5, 0.6) is 0 Å². The van der Waals surface area contributed by atoms with Gasteiger partial charge in [-0.05, 0) is 47.4 Å². The van der Waals surface area contributed by atoms with Crippen molar-refractivity contribution in [3.63, 3.8) is 0 Å². The van der Waals surface area contributed by atoms with Crippen molar-refractivity contribution in [2.45, 2.75) is 19.5 Å². The van der Waals surface area contributed by atoms with E-state index in [0.29, 0.717) is 35.3 Å². The van der Waals surface area contributed by atoms with Gasteiger partial charge in [-0.15, -0.1) is 0 Å². The quantitative estimate of drug-likeness (QED) is 0.437. The highest BCUT2D eigenvalue weighted by molar-refractivity contribution is 6.21. The maximum atomic E-state index is 12.5. The van der Waals surface area contributed by atoms with E-state index in [1.807, 2.05) is 18.2 Å². The van der Waals surface area contributed by atoms with E-state index in [1.54, 1.807) is 53.4 Å². The number of fused-ring (bicyclic) bond motifs is 2. The van der Waals surface area contributed by atoms with Crippen LogP contribution in [0.2, 0.25) is 0 Å². The summed E-state index contributed by atoms with van der Waals surface area (Å²) in [4.78, 5) is 52.9. The number of rotatable bonds is 5. The Morgan fingerprint density at radius 3 is 2.09 bits per heavy atom. The van der Waals surface area contributed by atoms with Crippen molar-refractivity contribution in [2.24, 2.45) is 0 Å². The van der Waals surface area contributed by atoms with Crippen LogP contribution in [0.1, 0.15) is 47.8 Å². The Balaban J connectivity index is 1.16. The van der Waals surface area contributed by atoms with Gasteiger partial charge in [-0.1, -0.05) is 48.5 Å². The van der Waals surface area contributed by atoms with Crippen LogP contribution < -0.4 is 0 Å². The first-order valence-electron chi connectivity index (χ1n) is 11.1. The molecule has 0 saturated heterocycles. The molecule has 0 fully saturated rings.